The van der Waals surface area contributed by atoms with Crippen molar-refractivity contribution in [3.05, 3.63) is 65.7 Å². The van der Waals surface area contributed by atoms with E-state index in [1.807, 2.05) is 0 Å². The summed E-state index contributed by atoms with van der Waals surface area (Å²) in [5.74, 6) is -1.45. The molecule has 0 spiro atoms. The summed E-state index contributed by atoms with van der Waals surface area (Å²) in [5, 5.41) is 2.57. The molecule has 0 heterocycles. The predicted octanol–water partition coefficient (Wildman–Crippen LogP) is 4.07. The number of carbonyl (C=O) groups excluding carboxylic acids is 3. The highest BCUT2D eigenvalue weighted by atomic mass is 19.3. The fraction of sp³-hybridized carbons (Fsp3) is 0.190. The molecule has 0 aliphatic heterocycles. The maximum Gasteiger partial charge on any atom is 0.387 e. The number of hydrogen-bond donors (Lipinski definition) is 1. The number of hydrogen-bond acceptors (Lipinski definition) is 5. The monoisotopic (exact) mass is 403 g/mol. The second kappa shape index (κ2) is 10.1. The van der Waals surface area contributed by atoms with Crippen LogP contribution in [0.15, 0.2) is 54.6 Å². The van der Waals surface area contributed by atoms with Crippen molar-refractivity contribution in [2.24, 2.45) is 0 Å². The van der Waals surface area contributed by atoms with Gasteiger partial charge in [0.25, 0.3) is 5.91 Å². The maximum atomic E-state index is 12.2. The summed E-state index contributed by atoms with van der Waals surface area (Å²) in [6.07, 6.45) is 1.45. The van der Waals surface area contributed by atoms with Crippen molar-refractivity contribution in [2.45, 2.75) is 26.6 Å². The third-order valence-corrected chi connectivity index (χ3v) is 3.72. The molecule has 0 bridgehead atoms. The zero-order chi connectivity index (χ0) is 21.4. The molecule has 152 valence electrons. The minimum absolute atomic E-state index is 0.00105. The Bertz CT molecular complexity index is 910. The molecular weight excluding hydrogens is 384 g/mol. The Morgan fingerprint density at radius 1 is 1.07 bits per heavy atom. The predicted molar refractivity (Wildman–Crippen MR) is 103 cm³/mol. The second-order valence-electron chi connectivity index (χ2n) is 5.99. The summed E-state index contributed by atoms with van der Waals surface area (Å²) < 4.78 is 33.5. The number of nitrogens with one attached hydrogen (secondary N) is 1. The Labute approximate surface area is 166 Å². The molecule has 1 atom stereocenters. The lowest BCUT2D eigenvalue weighted by Crippen LogP contribution is -2.29. The van der Waals surface area contributed by atoms with Crippen LogP contribution in [0.25, 0.3) is 6.08 Å². The Morgan fingerprint density at radius 2 is 1.76 bits per heavy atom. The van der Waals surface area contributed by atoms with Gasteiger partial charge in [0.2, 0.25) is 0 Å². The first-order valence-electron chi connectivity index (χ1n) is 8.60. The summed E-state index contributed by atoms with van der Waals surface area (Å²) in [6.45, 7) is -0.0902. The van der Waals surface area contributed by atoms with Crippen LogP contribution in [0.2, 0.25) is 0 Å². The number of Topliss-reactive ketones (excluding diaryl/α,β-unsaturated/α-hetero) is 1. The highest BCUT2D eigenvalue weighted by Gasteiger charge is 2.17. The van der Waals surface area contributed by atoms with Crippen molar-refractivity contribution >= 4 is 29.4 Å². The van der Waals surface area contributed by atoms with Gasteiger partial charge in [-0.3, -0.25) is 9.59 Å². The molecule has 0 aliphatic carbocycles. The molecule has 1 N–H and O–H groups in total. The van der Waals surface area contributed by atoms with Crippen LogP contribution in [0, 0.1) is 0 Å². The van der Waals surface area contributed by atoms with Crippen LogP contribution in [0.3, 0.4) is 0 Å². The topological polar surface area (TPSA) is 81.7 Å². The normalized spacial score (nSPS) is 11.9. The van der Waals surface area contributed by atoms with Crippen LogP contribution < -0.4 is 10.1 Å². The third-order valence-electron chi connectivity index (χ3n) is 3.72. The van der Waals surface area contributed by atoms with E-state index < -0.39 is 24.6 Å². The fourth-order valence-corrected chi connectivity index (χ4v) is 2.25. The second-order valence-corrected chi connectivity index (χ2v) is 5.99. The summed E-state index contributed by atoms with van der Waals surface area (Å²) >= 11 is 0. The standard InChI is InChI=1S/C21H19F2NO5/c1-13(25)16-4-3-5-17(12-16)24-20(27)14(2)28-19(26)11-8-15-6-9-18(10-7-15)29-21(22)23/h3-12,14,21H,1-2H3,(H,24,27)/b11-8+/t14-/m0/s1. The number of ether oxygens (including phenoxy) is 2. The fourth-order valence-electron chi connectivity index (χ4n) is 2.25. The molecule has 2 aromatic rings. The number of alkyl halides is 2. The third kappa shape index (κ3) is 7.17. The van der Waals surface area contributed by atoms with Crippen LogP contribution in [-0.2, 0) is 14.3 Å². The first-order valence-corrected chi connectivity index (χ1v) is 8.60. The number of halogens is 2. The van der Waals surface area contributed by atoms with Crippen molar-refractivity contribution in [1.82, 2.24) is 0 Å². The van der Waals surface area contributed by atoms with E-state index in [1.54, 1.807) is 18.2 Å². The molecule has 0 aliphatic rings. The lowest BCUT2D eigenvalue weighted by atomic mass is 10.1. The lowest BCUT2D eigenvalue weighted by molar-refractivity contribution is -0.148. The van der Waals surface area contributed by atoms with E-state index >= 15 is 0 Å². The number of esters is 1. The summed E-state index contributed by atoms with van der Waals surface area (Å²) in [5.41, 5.74) is 1.41. The van der Waals surface area contributed by atoms with Gasteiger partial charge in [-0.15, -0.1) is 0 Å². The van der Waals surface area contributed by atoms with Crippen LogP contribution in [0.5, 0.6) is 5.75 Å². The molecule has 8 heteroatoms. The number of anilines is 1. The average Bonchev–Trinajstić information content (AvgIpc) is 2.67. The average molecular weight is 403 g/mol. The smallest absolute Gasteiger partial charge is 0.387 e. The highest BCUT2D eigenvalue weighted by Crippen LogP contribution is 2.16. The van der Waals surface area contributed by atoms with Gasteiger partial charge in [-0.2, -0.15) is 8.78 Å². The van der Waals surface area contributed by atoms with Gasteiger partial charge >= 0.3 is 12.6 Å². The van der Waals surface area contributed by atoms with Crippen LogP contribution in [0.1, 0.15) is 29.8 Å². The molecule has 0 saturated carbocycles. The number of amides is 1. The van der Waals surface area contributed by atoms with Crippen molar-refractivity contribution in [1.29, 1.82) is 0 Å². The van der Waals surface area contributed by atoms with Gasteiger partial charge in [-0.25, -0.2) is 4.79 Å². The van der Waals surface area contributed by atoms with E-state index in [9.17, 15) is 23.2 Å². The molecule has 6 nitrogen and oxygen atoms in total. The van der Waals surface area contributed by atoms with Gasteiger partial charge < -0.3 is 14.8 Å². The van der Waals surface area contributed by atoms with Crippen LogP contribution in [-0.4, -0.2) is 30.4 Å². The largest absolute Gasteiger partial charge is 0.449 e. The van der Waals surface area contributed by atoms with Gasteiger partial charge in [0.05, 0.1) is 0 Å². The van der Waals surface area contributed by atoms with E-state index in [1.165, 1.54) is 50.3 Å². The number of benzene rings is 2. The Balaban J connectivity index is 1.89. The highest BCUT2D eigenvalue weighted by molar-refractivity contribution is 5.99. The Morgan fingerprint density at radius 3 is 2.38 bits per heavy atom. The minimum atomic E-state index is -2.91. The molecule has 0 unspecified atom stereocenters. The molecule has 0 saturated heterocycles. The Kier molecular flexibility index (Phi) is 7.59. The van der Waals surface area contributed by atoms with Gasteiger partial charge in [-0.05, 0) is 49.8 Å². The van der Waals surface area contributed by atoms with E-state index in [0.29, 0.717) is 16.8 Å². The first kappa shape index (κ1) is 21.7. The maximum absolute atomic E-state index is 12.2. The SMILES string of the molecule is CC(=O)c1cccc(NC(=O)[C@H](C)OC(=O)/C=C/c2ccc(OC(F)F)cc2)c1. The molecule has 2 aromatic carbocycles. The first-order chi connectivity index (χ1) is 13.7. The van der Waals surface area contributed by atoms with Gasteiger partial charge in [0.1, 0.15) is 5.75 Å². The van der Waals surface area contributed by atoms with Crippen molar-refractivity contribution in [3.8, 4) is 5.75 Å². The van der Waals surface area contributed by atoms with E-state index in [4.69, 9.17) is 4.74 Å². The summed E-state index contributed by atoms with van der Waals surface area (Å²) in [4.78, 5) is 35.4. The summed E-state index contributed by atoms with van der Waals surface area (Å²) in [7, 11) is 0. The zero-order valence-corrected chi connectivity index (χ0v) is 15.7. The number of carbonyl (C=O) groups is 3. The van der Waals surface area contributed by atoms with Crippen molar-refractivity contribution in [3.63, 3.8) is 0 Å². The van der Waals surface area contributed by atoms with Gasteiger partial charge in [-0.1, -0.05) is 24.3 Å². The quantitative estimate of drug-likeness (QED) is 0.408. The molecule has 0 radical (unpaired) electrons. The van der Waals surface area contributed by atoms with E-state index in [0.717, 1.165) is 6.08 Å². The molecular formula is C21H19F2NO5. The van der Waals surface area contributed by atoms with Crippen LogP contribution >= 0.6 is 0 Å². The van der Waals surface area contributed by atoms with Crippen molar-refractivity contribution < 1.29 is 32.6 Å². The zero-order valence-electron chi connectivity index (χ0n) is 15.7. The molecule has 0 aromatic heterocycles. The van der Waals surface area contributed by atoms with Crippen LogP contribution in [0.4, 0.5) is 14.5 Å². The molecule has 0 fully saturated rings. The van der Waals surface area contributed by atoms with E-state index in [2.05, 4.69) is 10.1 Å². The molecule has 29 heavy (non-hydrogen) atoms. The van der Waals surface area contributed by atoms with Gasteiger partial charge in [0, 0.05) is 17.3 Å². The molecule has 1 amide bonds. The molecule has 2 rings (SSSR count). The summed E-state index contributed by atoms with van der Waals surface area (Å²) in [6, 6.07) is 12.0. The number of rotatable bonds is 8. The van der Waals surface area contributed by atoms with E-state index in [-0.39, 0.29) is 11.5 Å². The lowest BCUT2D eigenvalue weighted by Gasteiger charge is -2.12. The van der Waals surface area contributed by atoms with Crippen molar-refractivity contribution in [2.75, 3.05) is 5.32 Å². The van der Waals surface area contributed by atoms with Gasteiger partial charge in [0.15, 0.2) is 11.9 Å². The minimum Gasteiger partial charge on any atom is -0.449 e. The number of ketones is 1. The Hall–Kier alpha value is -3.55.